The van der Waals surface area contributed by atoms with Gasteiger partial charge < -0.3 is 14.5 Å². The summed E-state index contributed by atoms with van der Waals surface area (Å²) in [7, 11) is 3.79. The third-order valence-electron chi connectivity index (χ3n) is 4.77. The van der Waals surface area contributed by atoms with E-state index in [1.165, 1.54) is 5.56 Å². The molecule has 1 heterocycles. The Morgan fingerprint density at radius 2 is 1.95 bits per heavy atom. The molecule has 1 aromatic rings. The summed E-state index contributed by atoms with van der Waals surface area (Å²) in [6, 6.07) is 8.46. The van der Waals surface area contributed by atoms with Gasteiger partial charge in [-0.2, -0.15) is 0 Å². The second kappa shape index (κ2) is 5.68. The van der Waals surface area contributed by atoms with E-state index in [2.05, 4.69) is 35.9 Å². The minimum atomic E-state index is 0.184. The number of methoxy groups -OCH3 is 1. The second-order valence-corrected chi connectivity index (χ2v) is 6.36. The van der Waals surface area contributed by atoms with Gasteiger partial charge in [0.05, 0.1) is 7.11 Å². The van der Waals surface area contributed by atoms with Gasteiger partial charge in [-0.05, 0) is 44.0 Å². The third-order valence-corrected chi connectivity index (χ3v) is 4.77. The summed E-state index contributed by atoms with van der Waals surface area (Å²) in [5.74, 6) is 1.80. The number of carbonyl (C=O) groups excluding carboxylic acids is 1. The first-order valence-electron chi connectivity index (χ1n) is 7.73. The molecule has 1 saturated heterocycles. The van der Waals surface area contributed by atoms with Gasteiger partial charge in [-0.1, -0.05) is 12.1 Å². The highest BCUT2D eigenvalue weighted by Gasteiger charge is 2.46. The van der Waals surface area contributed by atoms with Gasteiger partial charge in [0.1, 0.15) is 5.75 Å². The quantitative estimate of drug-likeness (QED) is 0.852. The molecule has 21 heavy (non-hydrogen) atoms. The zero-order valence-electron chi connectivity index (χ0n) is 13.1. The minimum absolute atomic E-state index is 0.184. The number of likely N-dealkylation sites (N-methyl/N-ethyl adjacent to an activating group) is 1. The Morgan fingerprint density at radius 3 is 2.57 bits per heavy atom. The lowest BCUT2D eigenvalue weighted by molar-refractivity contribution is -0.136. The molecule has 0 bridgehead atoms. The fraction of sp³-hybridized carbons (Fsp3) is 0.588. The van der Waals surface area contributed by atoms with Crippen LogP contribution in [0.15, 0.2) is 24.3 Å². The minimum Gasteiger partial charge on any atom is -0.497 e. The molecule has 3 unspecified atom stereocenters. The van der Waals surface area contributed by atoms with Crippen molar-refractivity contribution in [3.05, 3.63) is 29.8 Å². The molecule has 1 amide bonds. The van der Waals surface area contributed by atoms with Gasteiger partial charge in [-0.3, -0.25) is 4.79 Å². The Kier molecular flexibility index (Phi) is 3.89. The first-order valence-corrected chi connectivity index (χ1v) is 7.73. The molecule has 2 fully saturated rings. The van der Waals surface area contributed by atoms with Crippen molar-refractivity contribution in [3.8, 4) is 5.75 Å². The second-order valence-electron chi connectivity index (χ2n) is 6.36. The number of amides is 1. The number of rotatable bonds is 3. The van der Waals surface area contributed by atoms with Gasteiger partial charge in [-0.25, -0.2) is 0 Å². The van der Waals surface area contributed by atoms with Crippen LogP contribution in [0.1, 0.15) is 24.8 Å². The van der Waals surface area contributed by atoms with Crippen LogP contribution in [0.25, 0.3) is 0 Å². The van der Waals surface area contributed by atoms with Crippen LogP contribution < -0.4 is 4.74 Å². The molecule has 0 aromatic heterocycles. The van der Waals surface area contributed by atoms with Crippen molar-refractivity contribution in [1.82, 2.24) is 9.80 Å². The highest BCUT2D eigenvalue weighted by molar-refractivity contribution is 5.83. The zero-order chi connectivity index (χ0) is 15.0. The zero-order valence-corrected chi connectivity index (χ0v) is 13.1. The van der Waals surface area contributed by atoms with Crippen LogP contribution in [0.5, 0.6) is 5.75 Å². The molecule has 0 spiro atoms. The van der Waals surface area contributed by atoms with Crippen molar-refractivity contribution in [2.45, 2.75) is 25.3 Å². The molecule has 4 heteroatoms. The molecule has 1 aliphatic heterocycles. The predicted octanol–water partition coefficient (Wildman–Crippen LogP) is 1.96. The fourth-order valence-electron chi connectivity index (χ4n) is 3.37. The van der Waals surface area contributed by atoms with Crippen LogP contribution in [0.2, 0.25) is 0 Å². The molecule has 1 saturated carbocycles. The monoisotopic (exact) mass is 288 g/mol. The molecule has 0 N–H and O–H groups in total. The Hall–Kier alpha value is -1.55. The van der Waals surface area contributed by atoms with Crippen LogP contribution in [0.3, 0.4) is 0 Å². The average molecular weight is 288 g/mol. The number of carbonyl (C=O) groups is 1. The van der Waals surface area contributed by atoms with E-state index < -0.39 is 0 Å². The van der Waals surface area contributed by atoms with Crippen LogP contribution >= 0.6 is 0 Å². The maximum absolute atomic E-state index is 12.7. The topological polar surface area (TPSA) is 32.8 Å². The maximum atomic E-state index is 12.7. The third kappa shape index (κ3) is 2.91. The van der Waals surface area contributed by atoms with Gasteiger partial charge in [0.2, 0.25) is 5.91 Å². The summed E-state index contributed by atoms with van der Waals surface area (Å²) in [4.78, 5) is 17.0. The van der Waals surface area contributed by atoms with Crippen molar-refractivity contribution >= 4 is 5.91 Å². The summed E-state index contributed by atoms with van der Waals surface area (Å²) in [6.07, 6.45) is 0.990. The summed E-state index contributed by atoms with van der Waals surface area (Å²) >= 11 is 0. The smallest absolute Gasteiger partial charge is 0.226 e. The van der Waals surface area contributed by atoms with E-state index in [0.717, 1.165) is 31.8 Å². The average Bonchev–Trinajstić information content (AvgIpc) is 3.27. The normalized spacial score (nSPS) is 29.3. The Balaban J connectivity index is 1.62. The molecule has 1 aliphatic carbocycles. The molecule has 0 radical (unpaired) electrons. The Labute approximate surface area is 126 Å². The number of hydrogen-bond acceptors (Lipinski definition) is 3. The van der Waals surface area contributed by atoms with Gasteiger partial charge in [0.25, 0.3) is 0 Å². The van der Waals surface area contributed by atoms with Gasteiger partial charge >= 0.3 is 0 Å². The molecular formula is C17H24N2O2. The lowest BCUT2D eigenvalue weighted by atomic mass is 10.1. The van der Waals surface area contributed by atoms with Crippen molar-refractivity contribution < 1.29 is 9.53 Å². The molecule has 2 aliphatic rings. The van der Waals surface area contributed by atoms with Crippen molar-refractivity contribution in [3.63, 3.8) is 0 Å². The number of benzene rings is 1. The predicted molar refractivity (Wildman–Crippen MR) is 82.5 cm³/mol. The van der Waals surface area contributed by atoms with E-state index in [4.69, 9.17) is 4.74 Å². The number of ether oxygens (including phenoxy) is 1. The molecular weight excluding hydrogens is 264 g/mol. The standard InChI is InChI=1S/C17H24N2O2/c1-12-11-18(2)8-9-19(12)17(20)16-10-15(16)13-4-6-14(21-3)7-5-13/h4-7,12,15-16H,8-11H2,1-3H3. The Morgan fingerprint density at radius 1 is 1.24 bits per heavy atom. The molecule has 3 rings (SSSR count). The number of piperazine rings is 1. The van der Waals surface area contributed by atoms with E-state index in [-0.39, 0.29) is 5.92 Å². The van der Waals surface area contributed by atoms with Crippen LogP contribution in [0, 0.1) is 5.92 Å². The SMILES string of the molecule is COc1ccc(C2CC2C(=O)N2CCN(C)CC2C)cc1. The highest BCUT2D eigenvalue weighted by Crippen LogP contribution is 2.49. The van der Waals surface area contributed by atoms with E-state index in [9.17, 15) is 4.79 Å². The van der Waals surface area contributed by atoms with E-state index in [1.54, 1.807) is 7.11 Å². The highest BCUT2D eigenvalue weighted by atomic mass is 16.5. The summed E-state index contributed by atoms with van der Waals surface area (Å²) in [6.45, 7) is 4.97. The molecule has 4 nitrogen and oxygen atoms in total. The first kappa shape index (κ1) is 14.4. The van der Waals surface area contributed by atoms with Crippen LogP contribution in [0.4, 0.5) is 0 Å². The maximum Gasteiger partial charge on any atom is 0.226 e. The van der Waals surface area contributed by atoms with Crippen molar-refractivity contribution in [2.24, 2.45) is 5.92 Å². The van der Waals surface area contributed by atoms with Gasteiger partial charge in [0.15, 0.2) is 0 Å². The lowest BCUT2D eigenvalue weighted by Gasteiger charge is -2.38. The number of nitrogens with zero attached hydrogens (tertiary/aromatic N) is 2. The van der Waals surface area contributed by atoms with Crippen LogP contribution in [-0.2, 0) is 4.79 Å². The molecule has 114 valence electrons. The summed E-state index contributed by atoms with van der Waals surface area (Å²) < 4.78 is 5.18. The molecule has 3 atom stereocenters. The van der Waals surface area contributed by atoms with E-state index in [1.807, 2.05) is 12.1 Å². The van der Waals surface area contributed by atoms with Crippen LogP contribution in [-0.4, -0.2) is 55.5 Å². The first-order chi connectivity index (χ1) is 10.1. The van der Waals surface area contributed by atoms with E-state index in [0.29, 0.717) is 17.9 Å². The van der Waals surface area contributed by atoms with Crippen molar-refractivity contribution in [2.75, 3.05) is 33.8 Å². The fourth-order valence-corrected chi connectivity index (χ4v) is 3.37. The van der Waals surface area contributed by atoms with E-state index >= 15 is 0 Å². The van der Waals surface area contributed by atoms with Gasteiger partial charge in [0, 0.05) is 31.6 Å². The number of hydrogen-bond donors (Lipinski definition) is 0. The summed E-state index contributed by atoms with van der Waals surface area (Å²) in [5, 5.41) is 0. The van der Waals surface area contributed by atoms with Gasteiger partial charge in [-0.15, -0.1) is 0 Å². The summed E-state index contributed by atoms with van der Waals surface area (Å²) in [5.41, 5.74) is 1.26. The largest absolute Gasteiger partial charge is 0.497 e. The van der Waals surface area contributed by atoms with Crippen molar-refractivity contribution in [1.29, 1.82) is 0 Å². The molecule has 1 aromatic carbocycles. The lowest BCUT2D eigenvalue weighted by Crippen LogP contribution is -2.53. The Bertz CT molecular complexity index is 514.